The zero-order valence-corrected chi connectivity index (χ0v) is 15.8. The first-order valence-corrected chi connectivity index (χ1v) is 9.40. The average Bonchev–Trinajstić information content (AvgIpc) is 3.26. The lowest BCUT2D eigenvalue weighted by Gasteiger charge is -2.21. The lowest BCUT2D eigenvalue weighted by molar-refractivity contribution is 0.0636. The summed E-state index contributed by atoms with van der Waals surface area (Å²) in [5, 5.41) is 6.52. The van der Waals surface area contributed by atoms with Crippen LogP contribution >= 0.6 is 0 Å². The van der Waals surface area contributed by atoms with Crippen LogP contribution in [0.3, 0.4) is 0 Å². The van der Waals surface area contributed by atoms with Gasteiger partial charge in [0.1, 0.15) is 5.60 Å². The number of carbonyl (C=O) groups is 1. The molecule has 0 bridgehead atoms. The molecule has 2 atom stereocenters. The highest BCUT2D eigenvalue weighted by Gasteiger charge is 2.34. The van der Waals surface area contributed by atoms with Gasteiger partial charge in [-0.05, 0) is 64.7 Å². The molecule has 0 spiro atoms. The first kappa shape index (κ1) is 18.2. The predicted octanol–water partition coefficient (Wildman–Crippen LogP) is 3.92. The van der Waals surface area contributed by atoms with Crippen molar-refractivity contribution in [1.82, 2.24) is 10.2 Å². The fourth-order valence-corrected chi connectivity index (χ4v) is 3.42. The second-order valence-corrected chi connectivity index (χ2v) is 8.35. The van der Waals surface area contributed by atoms with Gasteiger partial charge < -0.3 is 10.1 Å². The zero-order valence-electron chi connectivity index (χ0n) is 15.8. The summed E-state index contributed by atoms with van der Waals surface area (Å²) in [4.78, 5) is 14.4. The molecule has 1 aliphatic carbocycles. The first-order chi connectivity index (χ1) is 11.8. The lowest BCUT2D eigenvalue weighted by atomic mass is 10.1. The highest BCUT2D eigenvalue weighted by atomic mass is 16.6. The van der Waals surface area contributed by atoms with E-state index in [1.807, 2.05) is 32.9 Å². The van der Waals surface area contributed by atoms with Crippen molar-refractivity contribution < 1.29 is 9.53 Å². The monoisotopic (exact) mass is 345 g/mol. The maximum Gasteiger partial charge on any atom is 0.412 e. The van der Waals surface area contributed by atoms with Gasteiger partial charge in [-0.3, -0.25) is 10.2 Å². The summed E-state index contributed by atoms with van der Waals surface area (Å²) in [6, 6.07) is 9.75. The van der Waals surface area contributed by atoms with Crippen molar-refractivity contribution in [3.8, 4) is 0 Å². The molecule has 1 aromatic rings. The molecule has 1 amide bonds. The first-order valence-electron chi connectivity index (χ1n) is 9.40. The summed E-state index contributed by atoms with van der Waals surface area (Å²) < 4.78 is 5.28. The number of amides is 1. The van der Waals surface area contributed by atoms with Crippen molar-refractivity contribution >= 4 is 11.8 Å². The molecule has 1 saturated carbocycles. The Morgan fingerprint density at radius 3 is 2.48 bits per heavy atom. The Morgan fingerprint density at radius 2 is 1.88 bits per heavy atom. The summed E-state index contributed by atoms with van der Waals surface area (Å²) in [5.74, 6) is 0. The minimum absolute atomic E-state index is 0.305. The number of hydrogen-bond acceptors (Lipinski definition) is 4. The molecule has 2 N–H and O–H groups in total. The Hall–Kier alpha value is -1.59. The standard InChI is InChI=1S/C20H31N3O2/c1-14(21-17-11-12-23(13-17)18-9-10-18)15-5-7-16(8-6-15)22-19(24)25-20(2,3)4/h5-8,14,17-18,21H,9-13H2,1-4H3,(H,22,24). The van der Waals surface area contributed by atoms with Gasteiger partial charge in [-0.1, -0.05) is 12.1 Å². The van der Waals surface area contributed by atoms with Gasteiger partial charge in [-0.25, -0.2) is 4.79 Å². The van der Waals surface area contributed by atoms with Crippen molar-refractivity contribution in [2.45, 2.75) is 70.7 Å². The molecule has 2 fully saturated rings. The predicted molar refractivity (Wildman–Crippen MR) is 101 cm³/mol. The molecule has 0 radical (unpaired) electrons. The lowest BCUT2D eigenvalue weighted by Crippen LogP contribution is -2.34. The van der Waals surface area contributed by atoms with E-state index in [0.717, 1.165) is 11.7 Å². The molecule has 0 aromatic heterocycles. The van der Waals surface area contributed by atoms with E-state index in [-0.39, 0.29) is 0 Å². The maximum absolute atomic E-state index is 11.8. The minimum Gasteiger partial charge on any atom is -0.444 e. The summed E-state index contributed by atoms with van der Waals surface area (Å²) in [6.07, 6.45) is 3.58. The van der Waals surface area contributed by atoms with Gasteiger partial charge in [0.25, 0.3) is 0 Å². The van der Waals surface area contributed by atoms with Gasteiger partial charge in [-0.2, -0.15) is 0 Å². The van der Waals surface area contributed by atoms with E-state index in [1.165, 1.54) is 37.9 Å². The van der Waals surface area contributed by atoms with E-state index in [1.54, 1.807) is 0 Å². The Balaban J connectivity index is 1.48. The number of rotatable bonds is 5. The van der Waals surface area contributed by atoms with Crippen molar-refractivity contribution in [2.24, 2.45) is 0 Å². The summed E-state index contributed by atoms with van der Waals surface area (Å²) in [5.41, 5.74) is 1.50. The summed E-state index contributed by atoms with van der Waals surface area (Å²) in [7, 11) is 0. The Bertz CT molecular complexity index is 590. The molecule has 5 heteroatoms. The second-order valence-electron chi connectivity index (χ2n) is 8.35. The quantitative estimate of drug-likeness (QED) is 0.849. The van der Waals surface area contributed by atoms with Gasteiger partial charge in [0.05, 0.1) is 0 Å². The highest BCUT2D eigenvalue weighted by Crippen LogP contribution is 2.30. The number of benzene rings is 1. The number of anilines is 1. The third-order valence-electron chi connectivity index (χ3n) is 4.82. The summed E-state index contributed by atoms with van der Waals surface area (Å²) >= 11 is 0. The minimum atomic E-state index is -0.488. The van der Waals surface area contributed by atoms with Crippen LogP contribution in [0.25, 0.3) is 0 Å². The van der Waals surface area contributed by atoms with Crippen LogP contribution in [0.2, 0.25) is 0 Å². The topological polar surface area (TPSA) is 53.6 Å². The van der Waals surface area contributed by atoms with Gasteiger partial charge in [0.2, 0.25) is 0 Å². The molecule has 1 aliphatic heterocycles. The molecule has 1 saturated heterocycles. The SMILES string of the molecule is CC(NC1CCN(C2CC2)C1)c1ccc(NC(=O)OC(C)(C)C)cc1. The fourth-order valence-electron chi connectivity index (χ4n) is 3.42. The molecule has 25 heavy (non-hydrogen) atoms. The number of carbonyl (C=O) groups excluding carboxylic acids is 1. The van der Waals surface area contributed by atoms with Crippen LogP contribution in [-0.2, 0) is 4.74 Å². The maximum atomic E-state index is 11.8. The molecular weight excluding hydrogens is 314 g/mol. The molecule has 1 heterocycles. The highest BCUT2D eigenvalue weighted by molar-refractivity contribution is 5.84. The van der Waals surface area contributed by atoms with Crippen molar-refractivity contribution in [3.63, 3.8) is 0 Å². The van der Waals surface area contributed by atoms with Gasteiger partial charge >= 0.3 is 6.09 Å². The number of nitrogens with zero attached hydrogens (tertiary/aromatic N) is 1. The van der Waals surface area contributed by atoms with Crippen LogP contribution in [0.1, 0.15) is 58.6 Å². The van der Waals surface area contributed by atoms with Crippen molar-refractivity contribution in [3.05, 3.63) is 29.8 Å². The van der Waals surface area contributed by atoms with E-state index in [9.17, 15) is 4.79 Å². The number of nitrogens with one attached hydrogen (secondary N) is 2. The Labute approximate surface area is 151 Å². The Kier molecular flexibility index (Phi) is 5.35. The van der Waals surface area contributed by atoms with Crippen LogP contribution in [0.4, 0.5) is 10.5 Å². The van der Waals surface area contributed by atoms with Gasteiger partial charge in [0.15, 0.2) is 0 Å². The zero-order chi connectivity index (χ0) is 18.0. The third kappa shape index (κ3) is 5.44. The third-order valence-corrected chi connectivity index (χ3v) is 4.82. The molecule has 2 aliphatic rings. The largest absolute Gasteiger partial charge is 0.444 e. The molecule has 1 aromatic carbocycles. The molecule has 5 nitrogen and oxygen atoms in total. The second kappa shape index (κ2) is 7.34. The number of hydrogen-bond donors (Lipinski definition) is 2. The molecule has 138 valence electrons. The van der Waals surface area contributed by atoms with Crippen molar-refractivity contribution in [1.29, 1.82) is 0 Å². The average molecular weight is 345 g/mol. The van der Waals surface area contributed by atoms with E-state index >= 15 is 0 Å². The number of ether oxygens (including phenoxy) is 1. The Morgan fingerprint density at radius 1 is 1.20 bits per heavy atom. The van der Waals surface area contributed by atoms with Crippen LogP contribution in [-0.4, -0.2) is 41.8 Å². The van der Waals surface area contributed by atoms with Gasteiger partial charge in [0, 0.05) is 36.9 Å². The smallest absolute Gasteiger partial charge is 0.412 e. The van der Waals surface area contributed by atoms with Crippen LogP contribution < -0.4 is 10.6 Å². The van der Waals surface area contributed by atoms with E-state index in [0.29, 0.717) is 12.1 Å². The van der Waals surface area contributed by atoms with Crippen molar-refractivity contribution in [2.75, 3.05) is 18.4 Å². The van der Waals surface area contributed by atoms with Gasteiger partial charge in [-0.15, -0.1) is 0 Å². The van der Waals surface area contributed by atoms with E-state index in [4.69, 9.17) is 4.74 Å². The van der Waals surface area contributed by atoms with Crippen LogP contribution in [0.5, 0.6) is 0 Å². The molecular formula is C20H31N3O2. The fraction of sp³-hybridized carbons (Fsp3) is 0.650. The molecule has 3 rings (SSSR count). The normalized spacial score (nSPS) is 22.6. The summed E-state index contributed by atoms with van der Waals surface area (Å²) in [6.45, 7) is 10.2. The van der Waals surface area contributed by atoms with Crippen LogP contribution in [0, 0.1) is 0 Å². The van der Waals surface area contributed by atoms with E-state index in [2.05, 4.69) is 34.6 Å². The van der Waals surface area contributed by atoms with E-state index < -0.39 is 11.7 Å². The number of likely N-dealkylation sites (tertiary alicyclic amines) is 1. The van der Waals surface area contributed by atoms with Crippen LogP contribution in [0.15, 0.2) is 24.3 Å². The molecule has 2 unspecified atom stereocenters.